The summed E-state index contributed by atoms with van der Waals surface area (Å²) in [6, 6.07) is 2.85. The van der Waals surface area contributed by atoms with Gasteiger partial charge in [-0.25, -0.2) is 8.42 Å². The minimum absolute atomic E-state index is 0.311. The van der Waals surface area contributed by atoms with Crippen molar-refractivity contribution in [2.24, 2.45) is 0 Å². The van der Waals surface area contributed by atoms with Crippen molar-refractivity contribution in [3.8, 4) is 5.75 Å². The molecular weight excluding hydrogens is 539 g/mol. The summed E-state index contributed by atoms with van der Waals surface area (Å²) in [5.41, 5.74) is -6.30. The van der Waals surface area contributed by atoms with Crippen molar-refractivity contribution in [2.75, 3.05) is 5.75 Å². The van der Waals surface area contributed by atoms with Gasteiger partial charge in [-0.3, -0.25) is 9.59 Å². The van der Waals surface area contributed by atoms with E-state index in [1.54, 1.807) is 22.6 Å². The van der Waals surface area contributed by atoms with E-state index in [2.05, 4.69) is 4.74 Å². The predicted molar refractivity (Wildman–Crippen MR) is 87.3 cm³/mol. The first-order chi connectivity index (χ1) is 12.4. The van der Waals surface area contributed by atoms with Crippen LogP contribution in [-0.4, -0.2) is 48.5 Å². The van der Waals surface area contributed by atoms with E-state index < -0.39 is 57.0 Å². The number of ether oxygens (including phenoxy) is 1. The molecule has 0 bridgehead atoms. The Balaban J connectivity index is 3.57. The monoisotopic (exact) mass is 548 g/mol. The Kier molecular flexibility index (Phi) is 6.99. The molecule has 28 heavy (non-hydrogen) atoms. The lowest BCUT2D eigenvalue weighted by Crippen LogP contribution is -2.70. The topological polar surface area (TPSA) is 113 Å². The van der Waals surface area contributed by atoms with Crippen molar-refractivity contribution in [3.05, 3.63) is 27.3 Å². The second kappa shape index (κ2) is 8.02. The lowest BCUT2D eigenvalue weighted by molar-refractivity contribution is -0.296. The third-order valence-corrected chi connectivity index (χ3v) is 4.59. The van der Waals surface area contributed by atoms with Crippen LogP contribution in [0, 0.1) is 3.57 Å². The number of rotatable bonds is 5. The molecule has 0 saturated heterocycles. The van der Waals surface area contributed by atoms with Gasteiger partial charge < -0.3 is 14.6 Å². The average Bonchev–Trinajstić information content (AvgIpc) is 2.41. The van der Waals surface area contributed by atoms with Crippen LogP contribution in [0.4, 0.5) is 26.3 Å². The molecule has 1 amide bonds. The SMILES string of the molecule is CC(=O)Oc1cc(I)ccc1C(=O)NC(CS(=O)(=O)[O-])(C(F)(F)F)C(F)(F)F. The van der Waals surface area contributed by atoms with Gasteiger partial charge in [0.25, 0.3) is 5.91 Å². The molecule has 0 saturated carbocycles. The fourth-order valence-electron chi connectivity index (χ4n) is 1.95. The summed E-state index contributed by atoms with van der Waals surface area (Å²) in [5.74, 6) is -6.78. The Labute approximate surface area is 167 Å². The maximum Gasteiger partial charge on any atom is 0.421 e. The highest BCUT2D eigenvalue weighted by Gasteiger charge is 2.72. The van der Waals surface area contributed by atoms with Gasteiger partial charge in [0.1, 0.15) is 5.75 Å². The molecule has 1 N–H and O–H groups in total. The van der Waals surface area contributed by atoms with Crippen molar-refractivity contribution >= 4 is 44.6 Å². The fraction of sp³-hybridized carbons (Fsp3) is 0.385. The lowest BCUT2D eigenvalue weighted by Gasteiger charge is -2.38. The number of alkyl halides is 6. The summed E-state index contributed by atoms with van der Waals surface area (Å²) in [6.45, 7) is 0.862. The first kappa shape index (κ1) is 24.4. The van der Waals surface area contributed by atoms with E-state index in [-0.39, 0.29) is 0 Å². The van der Waals surface area contributed by atoms with Crippen LogP contribution in [0.15, 0.2) is 18.2 Å². The summed E-state index contributed by atoms with van der Waals surface area (Å²) in [6.07, 6.45) is -12.8. The van der Waals surface area contributed by atoms with Gasteiger partial charge in [-0.05, 0) is 40.8 Å². The zero-order valence-electron chi connectivity index (χ0n) is 13.4. The Hall–Kier alpha value is -1.62. The van der Waals surface area contributed by atoms with Gasteiger partial charge in [-0.15, -0.1) is 0 Å². The van der Waals surface area contributed by atoms with E-state index in [0.29, 0.717) is 8.89 Å². The molecule has 15 heteroatoms. The Morgan fingerprint density at radius 1 is 1.14 bits per heavy atom. The molecule has 7 nitrogen and oxygen atoms in total. The fourth-order valence-corrected chi connectivity index (χ4v) is 3.34. The molecule has 0 fully saturated rings. The number of hydrogen-bond donors (Lipinski definition) is 1. The summed E-state index contributed by atoms with van der Waals surface area (Å²) >= 11 is 1.66. The van der Waals surface area contributed by atoms with E-state index >= 15 is 0 Å². The number of esters is 1. The van der Waals surface area contributed by atoms with Crippen molar-refractivity contribution in [3.63, 3.8) is 0 Å². The second-order valence-electron chi connectivity index (χ2n) is 5.29. The molecule has 1 aromatic carbocycles. The normalized spacial score (nSPS) is 13.2. The zero-order chi connectivity index (χ0) is 22.1. The van der Waals surface area contributed by atoms with Gasteiger partial charge in [0, 0.05) is 10.5 Å². The highest BCUT2D eigenvalue weighted by Crippen LogP contribution is 2.44. The number of carbonyl (C=O) groups excluding carboxylic acids is 2. The Morgan fingerprint density at radius 2 is 1.64 bits per heavy atom. The van der Waals surface area contributed by atoms with Gasteiger partial charge in [0.05, 0.1) is 21.4 Å². The first-order valence-corrected chi connectivity index (χ1v) is 9.43. The second-order valence-corrected chi connectivity index (χ2v) is 7.94. The van der Waals surface area contributed by atoms with E-state index in [4.69, 9.17) is 0 Å². The van der Waals surface area contributed by atoms with Crippen LogP contribution in [0.25, 0.3) is 0 Å². The summed E-state index contributed by atoms with van der Waals surface area (Å²) in [7, 11) is -6.10. The minimum Gasteiger partial charge on any atom is -0.748 e. The standard InChI is InChI=1S/C13H10F6INO6S/c1-6(22)27-9-4-7(20)2-3-8(9)10(23)21-11(12(14,15)16,13(17,18)19)5-28(24,25)26/h2-4H,5H2,1H3,(H,21,23)(H,24,25,26)/p-1. The van der Waals surface area contributed by atoms with E-state index in [9.17, 15) is 48.9 Å². The van der Waals surface area contributed by atoms with Crippen LogP contribution < -0.4 is 10.1 Å². The molecule has 0 heterocycles. The summed E-state index contributed by atoms with van der Waals surface area (Å²) in [4.78, 5) is 23.2. The molecular formula is C13H9F6INO6S-. The van der Waals surface area contributed by atoms with Gasteiger partial charge in [0.15, 0.2) is 0 Å². The number of carbonyl (C=O) groups is 2. The van der Waals surface area contributed by atoms with Gasteiger partial charge >= 0.3 is 18.3 Å². The van der Waals surface area contributed by atoms with Crippen molar-refractivity contribution in [2.45, 2.75) is 24.8 Å². The molecule has 0 aliphatic heterocycles. The molecule has 1 aromatic rings. The molecule has 1 rings (SSSR count). The molecule has 158 valence electrons. The van der Waals surface area contributed by atoms with Gasteiger partial charge in [-0.1, -0.05) is 0 Å². The number of nitrogens with one attached hydrogen (secondary N) is 1. The molecule has 0 spiro atoms. The average molecular weight is 548 g/mol. The quantitative estimate of drug-likeness (QED) is 0.199. The van der Waals surface area contributed by atoms with Crippen LogP contribution in [-0.2, 0) is 14.9 Å². The molecule has 0 aromatic heterocycles. The van der Waals surface area contributed by atoms with Crippen LogP contribution in [0.3, 0.4) is 0 Å². The van der Waals surface area contributed by atoms with Crippen LogP contribution in [0.2, 0.25) is 0 Å². The minimum atomic E-state index is -6.40. The molecule has 0 aliphatic carbocycles. The van der Waals surface area contributed by atoms with Gasteiger partial charge in [0.2, 0.25) is 5.54 Å². The maximum atomic E-state index is 13.2. The van der Waals surface area contributed by atoms with Crippen LogP contribution in [0.5, 0.6) is 5.75 Å². The number of halogens is 7. The Bertz CT molecular complexity index is 868. The third kappa shape index (κ3) is 5.69. The smallest absolute Gasteiger partial charge is 0.421 e. The number of amides is 1. The zero-order valence-corrected chi connectivity index (χ0v) is 16.4. The predicted octanol–water partition coefficient (Wildman–Crippen LogP) is 2.35. The summed E-state index contributed by atoms with van der Waals surface area (Å²) in [5, 5.41) is 0.555. The first-order valence-electron chi connectivity index (χ1n) is 6.77. The molecule has 0 atom stereocenters. The van der Waals surface area contributed by atoms with Crippen LogP contribution in [0.1, 0.15) is 17.3 Å². The number of hydrogen-bond acceptors (Lipinski definition) is 6. The third-order valence-electron chi connectivity index (χ3n) is 3.13. The highest BCUT2D eigenvalue weighted by atomic mass is 127. The number of benzene rings is 1. The molecule has 0 radical (unpaired) electrons. The lowest BCUT2D eigenvalue weighted by atomic mass is 9.99. The highest BCUT2D eigenvalue weighted by molar-refractivity contribution is 14.1. The maximum absolute atomic E-state index is 13.2. The van der Waals surface area contributed by atoms with Crippen molar-refractivity contribution in [1.29, 1.82) is 0 Å². The van der Waals surface area contributed by atoms with Crippen molar-refractivity contribution < 1.29 is 53.6 Å². The Morgan fingerprint density at radius 3 is 2.04 bits per heavy atom. The summed E-state index contributed by atoms with van der Waals surface area (Å²) < 4.78 is 116. The van der Waals surface area contributed by atoms with E-state index in [1.165, 1.54) is 0 Å². The largest absolute Gasteiger partial charge is 0.748 e. The van der Waals surface area contributed by atoms with E-state index in [0.717, 1.165) is 25.1 Å². The molecule has 0 unspecified atom stereocenters. The van der Waals surface area contributed by atoms with Crippen molar-refractivity contribution in [1.82, 2.24) is 5.32 Å². The van der Waals surface area contributed by atoms with Gasteiger partial charge in [-0.2, -0.15) is 26.3 Å². The van der Waals surface area contributed by atoms with Crippen LogP contribution >= 0.6 is 22.6 Å². The molecule has 0 aliphatic rings. The van der Waals surface area contributed by atoms with E-state index in [1.807, 2.05) is 0 Å².